The first-order chi connectivity index (χ1) is 13.9. The fourth-order valence-electron chi connectivity index (χ4n) is 2.93. The number of nitrogens with zero attached hydrogens (tertiary/aromatic N) is 3. The highest BCUT2D eigenvalue weighted by atomic mass is 32.1. The molecule has 29 heavy (non-hydrogen) atoms. The number of benzene rings is 2. The molecule has 0 aliphatic rings. The lowest BCUT2D eigenvalue weighted by Gasteiger charge is -2.15. The molecule has 0 saturated carbocycles. The van der Waals surface area contributed by atoms with E-state index in [9.17, 15) is 10.1 Å². The zero-order valence-electron chi connectivity index (χ0n) is 16.2. The lowest BCUT2D eigenvalue weighted by Crippen LogP contribution is -3.07. The molecule has 1 aromatic heterocycles. The average Bonchev–Trinajstić information content (AvgIpc) is 3.08. The Morgan fingerprint density at radius 3 is 2.66 bits per heavy atom. The number of non-ortho nitro benzene ring substituents is 1. The Morgan fingerprint density at radius 1 is 1.21 bits per heavy atom. The van der Waals surface area contributed by atoms with E-state index >= 15 is 0 Å². The van der Waals surface area contributed by atoms with E-state index in [0.717, 1.165) is 10.5 Å². The fraction of sp³-hybridized carbons (Fsp3) is 0.263. The Kier molecular flexibility index (Phi) is 6.25. The molecule has 2 aromatic carbocycles. The van der Waals surface area contributed by atoms with Crippen LogP contribution in [0.5, 0.6) is 11.5 Å². The second-order valence-corrected chi connectivity index (χ2v) is 6.81. The monoisotopic (exact) mass is 417 g/mol. The summed E-state index contributed by atoms with van der Waals surface area (Å²) in [6, 6.07) is 11.9. The van der Waals surface area contributed by atoms with Crippen molar-refractivity contribution in [3.63, 3.8) is 0 Å². The van der Waals surface area contributed by atoms with Crippen LogP contribution in [0.2, 0.25) is 0 Å². The summed E-state index contributed by atoms with van der Waals surface area (Å²) in [4.78, 5) is 11.8. The quantitative estimate of drug-likeness (QED) is 0.342. The van der Waals surface area contributed by atoms with E-state index in [4.69, 9.17) is 26.1 Å². The number of methoxy groups -OCH3 is 2. The highest BCUT2D eigenvalue weighted by molar-refractivity contribution is 7.71. The molecule has 10 heteroatoms. The summed E-state index contributed by atoms with van der Waals surface area (Å²) >= 11 is 5.26. The van der Waals surface area contributed by atoms with E-state index in [1.807, 2.05) is 25.2 Å². The van der Waals surface area contributed by atoms with Crippen molar-refractivity contribution < 1.29 is 23.7 Å². The van der Waals surface area contributed by atoms with Crippen LogP contribution in [-0.4, -0.2) is 36.0 Å². The van der Waals surface area contributed by atoms with E-state index in [1.54, 1.807) is 31.0 Å². The molecule has 0 amide bonds. The first-order valence-electron chi connectivity index (χ1n) is 8.76. The van der Waals surface area contributed by atoms with Gasteiger partial charge in [0.05, 0.1) is 26.2 Å². The van der Waals surface area contributed by atoms with Crippen molar-refractivity contribution in [1.29, 1.82) is 0 Å². The second kappa shape index (κ2) is 8.84. The SMILES string of the molecule is COc1ccc(C[NH+](C)Cn2nc(-c3cccc([N+](=O)[O-])c3)oc2=S)cc1OC. The van der Waals surface area contributed by atoms with Gasteiger partial charge >= 0.3 is 0 Å². The molecule has 3 rings (SSSR count). The van der Waals surface area contributed by atoms with Crippen LogP contribution in [-0.2, 0) is 13.2 Å². The summed E-state index contributed by atoms with van der Waals surface area (Å²) in [6.45, 7) is 1.16. The summed E-state index contributed by atoms with van der Waals surface area (Å²) in [5.41, 5.74) is 1.53. The third-order valence-electron chi connectivity index (χ3n) is 4.28. The number of nitro groups is 1. The summed E-state index contributed by atoms with van der Waals surface area (Å²) in [7, 11) is 5.20. The van der Waals surface area contributed by atoms with Gasteiger partial charge in [0.25, 0.3) is 10.5 Å². The molecule has 9 nitrogen and oxygen atoms in total. The van der Waals surface area contributed by atoms with Crippen molar-refractivity contribution in [3.8, 4) is 23.0 Å². The van der Waals surface area contributed by atoms with Gasteiger partial charge in [0, 0.05) is 23.3 Å². The summed E-state index contributed by atoms with van der Waals surface area (Å²) in [5.74, 6) is 1.59. The van der Waals surface area contributed by atoms with Gasteiger partial charge in [0.1, 0.15) is 6.54 Å². The van der Waals surface area contributed by atoms with Crippen LogP contribution in [0, 0.1) is 15.0 Å². The molecule has 0 bridgehead atoms. The molecular formula is C19H21N4O5S+. The van der Waals surface area contributed by atoms with Gasteiger partial charge in [-0.1, -0.05) is 6.07 Å². The first-order valence-corrected chi connectivity index (χ1v) is 9.17. The topological polar surface area (TPSA) is 97.0 Å². The van der Waals surface area contributed by atoms with E-state index in [2.05, 4.69) is 5.10 Å². The fourth-order valence-corrected chi connectivity index (χ4v) is 3.11. The molecule has 1 unspecified atom stereocenters. The Labute approximate surface area is 172 Å². The average molecular weight is 417 g/mol. The number of hydrogen-bond donors (Lipinski definition) is 1. The molecule has 0 saturated heterocycles. The number of rotatable bonds is 8. The Hall–Kier alpha value is -3.24. The van der Waals surface area contributed by atoms with Crippen molar-refractivity contribution in [2.24, 2.45) is 0 Å². The smallest absolute Gasteiger partial charge is 0.292 e. The Balaban J connectivity index is 1.75. The van der Waals surface area contributed by atoms with Gasteiger partial charge in [-0.15, -0.1) is 5.10 Å². The maximum absolute atomic E-state index is 11.0. The molecular weight excluding hydrogens is 396 g/mol. The predicted octanol–water partition coefficient (Wildman–Crippen LogP) is 2.47. The van der Waals surface area contributed by atoms with Crippen molar-refractivity contribution in [3.05, 3.63) is 63.0 Å². The standard InChI is InChI=1S/C19H20N4O5S/c1-21(11-13-7-8-16(26-2)17(9-13)27-3)12-22-19(29)28-18(20-22)14-5-4-6-15(10-14)23(24)25/h4-10H,11-12H2,1-3H3/p+1. The minimum Gasteiger partial charge on any atom is -0.493 e. The van der Waals surface area contributed by atoms with Crippen molar-refractivity contribution in [2.75, 3.05) is 21.3 Å². The number of quaternary nitrogens is 1. The first kappa shape index (κ1) is 20.5. The van der Waals surface area contributed by atoms with Crippen LogP contribution < -0.4 is 14.4 Å². The normalized spacial score (nSPS) is 11.8. The number of ether oxygens (including phenoxy) is 2. The number of hydrogen-bond acceptors (Lipinski definition) is 7. The van der Waals surface area contributed by atoms with Crippen LogP contribution in [0.15, 0.2) is 46.9 Å². The van der Waals surface area contributed by atoms with Gasteiger partial charge in [0.2, 0.25) is 5.89 Å². The molecule has 0 fully saturated rings. The third-order valence-corrected chi connectivity index (χ3v) is 4.58. The van der Waals surface area contributed by atoms with Crippen molar-refractivity contribution in [2.45, 2.75) is 13.2 Å². The maximum atomic E-state index is 11.0. The summed E-state index contributed by atoms with van der Waals surface area (Å²) in [6.07, 6.45) is 0. The number of nitro benzene ring substituents is 1. The van der Waals surface area contributed by atoms with E-state index in [0.29, 0.717) is 30.3 Å². The molecule has 0 radical (unpaired) electrons. The predicted molar refractivity (Wildman–Crippen MR) is 108 cm³/mol. The third kappa shape index (κ3) is 4.79. The summed E-state index contributed by atoms with van der Waals surface area (Å²) < 4.78 is 17.7. The highest BCUT2D eigenvalue weighted by Crippen LogP contribution is 2.27. The van der Waals surface area contributed by atoms with Crippen molar-refractivity contribution >= 4 is 17.9 Å². The van der Waals surface area contributed by atoms with Crippen LogP contribution in [0.1, 0.15) is 5.56 Å². The molecule has 1 N–H and O–H groups in total. The lowest BCUT2D eigenvalue weighted by atomic mass is 10.2. The molecule has 152 valence electrons. The van der Waals surface area contributed by atoms with Crippen LogP contribution >= 0.6 is 12.2 Å². The van der Waals surface area contributed by atoms with Gasteiger partial charge in [-0.25, -0.2) is 0 Å². The van der Waals surface area contributed by atoms with Gasteiger partial charge in [-0.05, 0) is 36.5 Å². The largest absolute Gasteiger partial charge is 0.493 e. The zero-order chi connectivity index (χ0) is 21.0. The Bertz CT molecular complexity index is 1080. The van der Waals surface area contributed by atoms with Crippen LogP contribution in [0.25, 0.3) is 11.5 Å². The van der Waals surface area contributed by atoms with Gasteiger partial charge in [-0.2, -0.15) is 4.68 Å². The molecule has 1 heterocycles. The van der Waals surface area contributed by atoms with Gasteiger partial charge in [-0.3, -0.25) is 10.1 Å². The van der Waals surface area contributed by atoms with E-state index in [-0.39, 0.29) is 16.4 Å². The van der Waals surface area contributed by atoms with Gasteiger partial charge < -0.3 is 18.8 Å². The molecule has 1 atom stereocenters. The zero-order valence-corrected chi connectivity index (χ0v) is 17.1. The van der Waals surface area contributed by atoms with Crippen LogP contribution in [0.3, 0.4) is 0 Å². The Morgan fingerprint density at radius 2 is 1.97 bits per heavy atom. The summed E-state index contributed by atoms with van der Waals surface area (Å²) in [5, 5.41) is 15.4. The molecule has 0 aliphatic carbocycles. The minimum absolute atomic E-state index is 0.0330. The highest BCUT2D eigenvalue weighted by Gasteiger charge is 2.15. The molecule has 0 aliphatic heterocycles. The van der Waals surface area contributed by atoms with Crippen molar-refractivity contribution in [1.82, 2.24) is 9.78 Å². The molecule has 3 aromatic rings. The minimum atomic E-state index is -0.462. The lowest BCUT2D eigenvalue weighted by molar-refractivity contribution is -0.917. The van der Waals surface area contributed by atoms with E-state index < -0.39 is 4.92 Å². The number of aromatic nitrogens is 2. The maximum Gasteiger partial charge on any atom is 0.292 e. The molecule has 0 spiro atoms. The van der Waals surface area contributed by atoms with E-state index in [1.165, 1.54) is 12.1 Å². The van der Waals surface area contributed by atoms with Crippen LogP contribution in [0.4, 0.5) is 5.69 Å². The van der Waals surface area contributed by atoms with Gasteiger partial charge in [0.15, 0.2) is 18.2 Å². The number of nitrogens with one attached hydrogen (secondary N) is 1. The second-order valence-electron chi connectivity index (χ2n) is 6.46.